The zero-order valence-electron chi connectivity index (χ0n) is 8.91. The molecule has 0 spiro atoms. The van der Waals surface area contributed by atoms with Crippen molar-refractivity contribution in [3.63, 3.8) is 0 Å². The van der Waals surface area contributed by atoms with Gasteiger partial charge in [-0.25, -0.2) is 4.79 Å². The van der Waals surface area contributed by atoms with Gasteiger partial charge in [0, 0.05) is 19.0 Å². The van der Waals surface area contributed by atoms with E-state index in [9.17, 15) is 9.90 Å². The van der Waals surface area contributed by atoms with E-state index in [4.69, 9.17) is 5.11 Å². The van der Waals surface area contributed by atoms with Crippen LogP contribution in [0.25, 0.3) is 0 Å². The van der Waals surface area contributed by atoms with Gasteiger partial charge in [-0.3, -0.25) is 0 Å². The molecule has 2 rings (SSSR count). The molecule has 1 aromatic carbocycles. The Balaban J connectivity index is 2.02. The molecule has 1 aromatic rings. The summed E-state index contributed by atoms with van der Waals surface area (Å²) < 4.78 is 0. The number of carboxylic acid groups (broad SMARTS) is 1. The Labute approximate surface area is 94.1 Å². The number of likely N-dealkylation sites (tertiary alicyclic amines) is 1. The SMILES string of the molecule is O=C(O)N1CCC(C(O)c2ccccc2)C1. The van der Waals surface area contributed by atoms with Gasteiger partial charge in [-0.2, -0.15) is 0 Å². The second-order valence-electron chi connectivity index (χ2n) is 4.13. The van der Waals surface area contributed by atoms with Gasteiger partial charge in [0.25, 0.3) is 0 Å². The zero-order chi connectivity index (χ0) is 11.5. The van der Waals surface area contributed by atoms with Crippen molar-refractivity contribution in [2.75, 3.05) is 13.1 Å². The number of aliphatic hydroxyl groups is 1. The summed E-state index contributed by atoms with van der Waals surface area (Å²) in [5, 5.41) is 18.9. The van der Waals surface area contributed by atoms with Gasteiger partial charge in [-0.1, -0.05) is 30.3 Å². The van der Waals surface area contributed by atoms with Crippen molar-refractivity contribution in [1.29, 1.82) is 0 Å². The second-order valence-corrected chi connectivity index (χ2v) is 4.13. The van der Waals surface area contributed by atoms with E-state index in [1.165, 1.54) is 4.90 Å². The molecule has 1 amide bonds. The van der Waals surface area contributed by atoms with Crippen molar-refractivity contribution in [3.05, 3.63) is 35.9 Å². The maximum absolute atomic E-state index is 10.8. The first-order chi connectivity index (χ1) is 7.68. The number of amides is 1. The molecule has 0 bridgehead atoms. The van der Waals surface area contributed by atoms with Crippen molar-refractivity contribution >= 4 is 6.09 Å². The van der Waals surface area contributed by atoms with E-state index >= 15 is 0 Å². The quantitative estimate of drug-likeness (QED) is 0.799. The predicted molar refractivity (Wildman–Crippen MR) is 59.1 cm³/mol. The van der Waals surface area contributed by atoms with E-state index in [1.807, 2.05) is 30.3 Å². The van der Waals surface area contributed by atoms with E-state index in [2.05, 4.69) is 0 Å². The maximum atomic E-state index is 10.8. The summed E-state index contributed by atoms with van der Waals surface area (Å²) in [7, 11) is 0. The van der Waals surface area contributed by atoms with Gasteiger partial charge in [0.2, 0.25) is 0 Å². The molecule has 1 saturated heterocycles. The fourth-order valence-corrected chi connectivity index (χ4v) is 2.14. The predicted octanol–water partition coefficient (Wildman–Crippen LogP) is 1.72. The molecule has 4 nitrogen and oxygen atoms in total. The van der Waals surface area contributed by atoms with Crippen LogP contribution in [-0.4, -0.2) is 34.3 Å². The van der Waals surface area contributed by atoms with Gasteiger partial charge in [0.15, 0.2) is 0 Å². The van der Waals surface area contributed by atoms with Crippen molar-refractivity contribution in [1.82, 2.24) is 4.90 Å². The summed E-state index contributed by atoms with van der Waals surface area (Å²) in [5.41, 5.74) is 0.861. The van der Waals surface area contributed by atoms with Crippen LogP contribution in [0.15, 0.2) is 30.3 Å². The zero-order valence-corrected chi connectivity index (χ0v) is 8.91. The monoisotopic (exact) mass is 221 g/mol. The molecule has 0 radical (unpaired) electrons. The Morgan fingerprint density at radius 1 is 1.38 bits per heavy atom. The van der Waals surface area contributed by atoms with E-state index in [-0.39, 0.29) is 5.92 Å². The van der Waals surface area contributed by atoms with Gasteiger partial charge >= 0.3 is 6.09 Å². The molecule has 1 aliphatic rings. The van der Waals surface area contributed by atoms with Gasteiger partial charge in [0.1, 0.15) is 0 Å². The highest BCUT2D eigenvalue weighted by Crippen LogP contribution is 2.29. The van der Waals surface area contributed by atoms with Crippen LogP contribution in [0.5, 0.6) is 0 Å². The van der Waals surface area contributed by atoms with Crippen LogP contribution in [0.4, 0.5) is 4.79 Å². The summed E-state index contributed by atoms with van der Waals surface area (Å²) >= 11 is 0. The lowest BCUT2D eigenvalue weighted by Gasteiger charge is -2.18. The summed E-state index contributed by atoms with van der Waals surface area (Å²) in [4.78, 5) is 12.1. The summed E-state index contributed by atoms with van der Waals surface area (Å²) in [5.74, 6) is 0.0125. The average molecular weight is 221 g/mol. The first-order valence-corrected chi connectivity index (χ1v) is 5.39. The summed E-state index contributed by atoms with van der Waals surface area (Å²) in [6.45, 7) is 0.940. The third-order valence-electron chi connectivity index (χ3n) is 3.08. The third kappa shape index (κ3) is 2.17. The van der Waals surface area contributed by atoms with Crippen molar-refractivity contribution in [2.24, 2.45) is 5.92 Å². The molecule has 2 unspecified atom stereocenters. The third-order valence-corrected chi connectivity index (χ3v) is 3.08. The molecule has 0 aromatic heterocycles. The number of nitrogens with zero attached hydrogens (tertiary/aromatic N) is 1. The van der Waals surface area contributed by atoms with Crippen LogP contribution in [0, 0.1) is 5.92 Å². The largest absolute Gasteiger partial charge is 0.465 e. The minimum Gasteiger partial charge on any atom is -0.465 e. The molecule has 1 aliphatic heterocycles. The van der Waals surface area contributed by atoms with Crippen molar-refractivity contribution in [3.8, 4) is 0 Å². The van der Waals surface area contributed by atoms with E-state index in [1.54, 1.807) is 0 Å². The molecule has 1 heterocycles. The van der Waals surface area contributed by atoms with Gasteiger partial charge in [-0.05, 0) is 12.0 Å². The van der Waals surface area contributed by atoms with E-state index in [0.29, 0.717) is 13.1 Å². The Bertz CT molecular complexity index is 366. The van der Waals surface area contributed by atoms with Gasteiger partial charge in [-0.15, -0.1) is 0 Å². The van der Waals surface area contributed by atoms with Crippen LogP contribution in [0.3, 0.4) is 0 Å². The molecular formula is C12H15NO3. The number of benzene rings is 1. The van der Waals surface area contributed by atoms with E-state index in [0.717, 1.165) is 12.0 Å². The lowest BCUT2D eigenvalue weighted by atomic mass is 9.95. The number of carbonyl (C=O) groups is 1. The normalized spacial score (nSPS) is 22.1. The Hall–Kier alpha value is -1.55. The Morgan fingerprint density at radius 3 is 2.62 bits per heavy atom. The first-order valence-electron chi connectivity index (χ1n) is 5.39. The fourth-order valence-electron chi connectivity index (χ4n) is 2.14. The lowest BCUT2D eigenvalue weighted by Crippen LogP contribution is -2.27. The molecule has 16 heavy (non-hydrogen) atoms. The standard InChI is InChI=1S/C12H15NO3/c14-11(9-4-2-1-3-5-9)10-6-7-13(8-10)12(15)16/h1-5,10-11,14H,6-8H2,(H,15,16). The first kappa shape index (κ1) is 11.0. The molecule has 2 atom stereocenters. The molecular weight excluding hydrogens is 206 g/mol. The van der Waals surface area contributed by atoms with Crippen LogP contribution in [-0.2, 0) is 0 Å². The Kier molecular flexibility index (Phi) is 3.10. The smallest absolute Gasteiger partial charge is 0.407 e. The van der Waals surface area contributed by atoms with Crippen molar-refractivity contribution < 1.29 is 15.0 Å². The minimum atomic E-state index is -0.900. The average Bonchev–Trinajstić information content (AvgIpc) is 2.78. The maximum Gasteiger partial charge on any atom is 0.407 e. The van der Waals surface area contributed by atoms with Gasteiger partial charge in [0.05, 0.1) is 6.10 Å². The highest BCUT2D eigenvalue weighted by molar-refractivity contribution is 5.65. The number of aliphatic hydroxyl groups excluding tert-OH is 1. The molecule has 0 aliphatic carbocycles. The fraction of sp³-hybridized carbons (Fsp3) is 0.417. The van der Waals surface area contributed by atoms with Crippen LogP contribution in [0.1, 0.15) is 18.1 Å². The highest BCUT2D eigenvalue weighted by Gasteiger charge is 2.31. The topological polar surface area (TPSA) is 60.8 Å². The van der Waals surface area contributed by atoms with Gasteiger partial charge < -0.3 is 15.1 Å². The van der Waals surface area contributed by atoms with Crippen LogP contribution in [0.2, 0.25) is 0 Å². The number of hydrogen-bond acceptors (Lipinski definition) is 2. The van der Waals surface area contributed by atoms with Crippen LogP contribution < -0.4 is 0 Å². The highest BCUT2D eigenvalue weighted by atomic mass is 16.4. The van der Waals surface area contributed by atoms with E-state index < -0.39 is 12.2 Å². The lowest BCUT2D eigenvalue weighted by molar-refractivity contribution is 0.107. The minimum absolute atomic E-state index is 0.0125. The Morgan fingerprint density at radius 2 is 2.06 bits per heavy atom. The number of rotatable bonds is 2. The molecule has 2 N–H and O–H groups in total. The summed E-state index contributed by atoms with van der Waals surface area (Å²) in [6.07, 6.45) is -0.740. The molecule has 1 fully saturated rings. The summed E-state index contributed by atoms with van der Waals surface area (Å²) in [6, 6.07) is 9.39. The second kappa shape index (κ2) is 4.53. The molecule has 4 heteroatoms. The molecule has 86 valence electrons. The molecule has 0 saturated carbocycles. The number of hydrogen-bond donors (Lipinski definition) is 2. The van der Waals surface area contributed by atoms with Crippen molar-refractivity contribution in [2.45, 2.75) is 12.5 Å². The van der Waals surface area contributed by atoms with Crippen LogP contribution >= 0.6 is 0 Å².